The van der Waals surface area contributed by atoms with Gasteiger partial charge in [0.25, 0.3) is 0 Å². The number of nitrogens with one attached hydrogen (secondary N) is 1. The predicted molar refractivity (Wildman–Crippen MR) is 67.8 cm³/mol. The van der Waals surface area contributed by atoms with E-state index >= 15 is 0 Å². The van der Waals surface area contributed by atoms with Gasteiger partial charge in [-0.1, -0.05) is 13.3 Å². The van der Waals surface area contributed by atoms with Crippen LogP contribution in [0, 0.1) is 5.92 Å². The normalized spacial score (nSPS) is 33.6. The second-order valence-electron chi connectivity index (χ2n) is 5.48. The first kappa shape index (κ1) is 12.9. The van der Waals surface area contributed by atoms with Crippen LogP contribution in [0.3, 0.4) is 0 Å². The minimum Gasteiger partial charge on any atom is -0.462 e. The van der Waals surface area contributed by atoms with Gasteiger partial charge in [0.15, 0.2) is 0 Å². The van der Waals surface area contributed by atoms with Gasteiger partial charge in [-0.25, -0.2) is 0 Å². The molecule has 0 aromatic heterocycles. The highest BCUT2D eigenvalue weighted by molar-refractivity contribution is 5.70. The molecule has 2 aliphatic rings. The fourth-order valence-electron chi connectivity index (χ4n) is 3.14. The zero-order valence-electron chi connectivity index (χ0n) is 10.9. The summed E-state index contributed by atoms with van der Waals surface area (Å²) < 4.78 is 5.68. The number of carbonyl (C=O) groups is 1. The van der Waals surface area contributed by atoms with Crippen LogP contribution < -0.4 is 5.32 Å². The molecule has 2 rings (SSSR count). The van der Waals surface area contributed by atoms with Crippen LogP contribution in [-0.4, -0.2) is 24.7 Å². The molecule has 1 aliphatic carbocycles. The van der Waals surface area contributed by atoms with Crippen LogP contribution in [0.15, 0.2) is 0 Å². The Morgan fingerprint density at radius 3 is 2.76 bits per heavy atom. The summed E-state index contributed by atoms with van der Waals surface area (Å²) in [5.74, 6) is 0.610. The molecule has 3 heteroatoms. The fraction of sp³-hybridized carbons (Fsp3) is 0.929. The van der Waals surface area contributed by atoms with Gasteiger partial charge in [-0.15, -0.1) is 0 Å². The van der Waals surface area contributed by atoms with Crippen LogP contribution in [0.5, 0.6) is 0 Å². The van der Waals surface area contributed by atoms with Crippen molar-refractivity contribution in [2.75, 3.05) is 6.54 Å². The van der Waals surface area contributed by atoms with Crippen molar-refractivity contribution in [3.8, 4) is 0 Å². The lowest BCUT2D eigenvalue weighted by Gasteiger charge is -2.30. The average molecular weight is 239 g/mol. The molecule has 1 saturated carbocycles. The third-order valence-corrected chi connectivity index (χ3v) is 4.22. The van der Waals surface area contributed by atoms with Gasteiger partial charge in [0, 0.05) is 6.04 Å². The van der Waals surface area contributed by atoms with E-state index in [1.807, 2.05) is 0 Å². The summed E-state index contributed by atoms with van der Waals surface area (Å²) in [6, 6.07) is 0.367. The topological polar surface area (TPSA) is 38.3 Å². The average Bonchev–Trinajstić information content (AvgIpc) is 2.82. The van der Waals surface area contributed by atoms with Gasteiger partial charge in [0.05, 0.1) is 6.42 Å². The first-order valence-corrected chi connectivity index (χ1v) is 7.22. The van der Waals surface area contributed by atoms with Gasteiger partial charge in [-0.2, -0.15) is 0 Å². The smallest absolute Gasteiger partial charge is 0.307 e. The summed E-state index contributed by atoms with van der Waals surface area (Å²) in [4.78, 5) is 11.9. The molecule has 3 atom stereocenters. The second-order valence-corrected chi connectivity index (χ2v) is 5.48. The molecule has 17 heavy (non-hydrogen) atoms. The fourth-order valence-corrected chi connectivity index (χ4v) is 3.14. The molecule has 1 heterocycles. The van der Waals surface area contributed by atoms with Gasteiger partial charge in [-0.05, 0) is 51.0 Å². The number of carbonyl (C=O) groups excluding carboxylic acids is 1. The third-order valence-electron chi connectivity index (χ3n) is 4.22. The van der Waals surface area contributed by atoms with E-state index in [1.165, 1.54) is 25.7 Å². The van der Waals surface area contributed by atoms with E-state index < -0.39 is 0 Å². The van der Waals surface area contributed by atoms with Crippen LogP contribution in [-0.2, 0) is 9.53 Å². The van der Waals surface area contributed by atoms with Gasteiger partial charge < -0.3 is 10.1 Å². The maximum absolute atomic E-state index is 11.9. The molecular formula is C14H25NO2. The molecule has 1 saturated heterocycles. The van der Waals surface area contributed by atoms with Gasteiger partial charge >= 0.3 is 5.97 Å². The van der Waals surface area contributed by atoms with Gasteiger partial charge in [0.1, 0.15) is 6.10 Å². The van der Waals surface area contributed by atoms with Crippen LogP contribution in [0.25, 0.3) is 0 Å². The van der Waals surface area contributed by atoms with Crippen molar-refractivity contribution in [3.05, 3.63) is 0 Å². The summed E-state index contributed by atoms with van der Waals surface area (Å²) in [5, 5.41) is 3.35. The second kappa shape index (κ2) is 6.39. The van der Waals surface area contributed by atoms with E-state index in [0.717, 1.165) is 25.8 Å². The Morgan fingerprint density at radius 2 is 2.06 bits per heavy atom. The quantitative estimate of drug-likeness (QED) is 0.766. The number of esters is 1. The highest BCUT2D eigenvalue weighted by Crippen LogP contribution is 2.29. The highest BCUT2D eigenvalue weighted by atomic mass is 16.5. The molecule has 1 aliphatic heterocycles. The van der Waals surface area contributed by atoms with Crippen LogP contribution >= 0.6 is 0 Å². The van der Waals surface area contributed by atoms with Crippen LogP contribution in [0.2, 0.25) is 0 Å². The summed E-state index contributed by atoms with van der Waals surface area (Å²) in [5.41, 5.74) is 0. The van der Waals surface area contributed by atoms with Crippen molar-refractivity contribution in [1.82, 2.24) is 5.32 Å². The van der Waals surface area contributed by atoms with Crippen molar-refractivity contribution in [2.24, 2.45) is 5.92 Å². The third kappa shape index (κ3) is 3.70. The van der Waals surface area contributed by atoms with E-state index in [1.54, 1.807) is 0 Å². The lowest BCUT2D eigenvalue weighted by atomic mass is 9.85. The summed E-state index contributed by atoms with van der Waals surface area (Å²) >= 11 is 0. The predicted octanol–water partition coefficient (Wildman–Crippen LogP) is 2.64. The Labute approximate surface area is 104 Å². The standard InChI is InChI=1S/C14H25NO2/c1-2-11-6-3-4-8-13(11)17-14(16)10-12-7-5-9-15-12/h11-13,15H,2-10H2,1H3. The minimum atomic E-state index is 0.00903. The molecule has 3 nitrogen and oxygen atoms in total. The molecule has 2 fully saturated rings. The molecule has 0 spiro atoms. The van der Waals surface area contributed by atoms with Gasteiger partial charge in [0.2, 0.25) is 0 Å². The number of rotatable bonds is 4. The number of ether oxygens (including phenoxy) is 1. The summed E-state index contributed by atoms with van der Waals surface area (Å²) in [6.45, 7) is 3.26. The molecule has 0 aromatic rings. The Morgan fingerprint density at radius 1 is 1.24 bits per heavy atom. The zero-order valence-corrected chi connectivity index (χ0v) is 10.9. The summed E-state index contributed by atoms with van der Waals surface area (Å²) in [7, 11) is 0. The molecule has 0 bridgehead atoms. The molecule has 1 N–H and O–H groups in total. The Balaban J connectivity index is 1.75. The molecular weight excluding hydrogens is 214 g/mol. The van der Waals surface area contributed by atoms with Crippen molar-refractivity contribution in [2.45, 2.75) is 70.4 Å². The van der Waals surface area contributed by atoms with E-state index in [4.69, 9.17) is 4.74 Å². The first-order chi connectivity index (χ1) is 8.29. The zero-order chi connectivity index (χ0) is 12.1. The van der Waals surface area contributed by atoms with E-state index in [9.17, 15) is 4.79 Å². The molecule has 3 unspecified atom stereocenters. The SMILES string of the molecule is CCC1CCCCC1OC(=O)CC1CCCN1. The number of hydrogen-bond acceptors (Lipinski definition) is 3. The van der Waals surface area contributed by atoms with E-state index in [2.05, 4.69) is 12.2 Å². The molecule has 0 radical (unpaired) electrons. The van der Waals surface area contributed by atoms with E-state index in [-0.39, 0.29) is 12.1 Å². The molecule has 0 amide bonds. The van der Waals surface area contributed by atoms with E-state index in [0.29, 0.717) is 18.4 Å². The maximum atomic E-state index is 11.9. The first-order valence-electron chi connectivity index (χ1n) is 7.22. The van der Waals surface area contributed by atoms with Crippen molar-refractivity contribution >= 4 is 5.97 Å². The largest absolute Gasteiger partial charge is 0.462 e. The molecule has 98 valence electrons. The molecule has 0 aromatic carbocycles. The summed E-state index contributed by atoms with van der Waals surface area (Å²) in [6.07, 6.45) is 9.04. The minimum absolute atomic E-state index is 0.00903. The number of hydrogen-bond donors (Lipinski definition) is 1. The van der Waals surface area contributed by atoms with Crippen LogP contribution in [0.4, 0.5) is 0 Å². The van der Waals surface area contributed by atoms with Crippen molar-refractivity contribution in [1.29, 1.82) is 0 Å². The Hall–Kier alpha value is -0.570. The lowest BCUT2D eigenvalue weighted by Crippen LogP contribution is -2.32. The van der Waals surface area contributed by atoms with Crippen LogP contribution in [0.1, 0.15) is 58.3 Å². The van der Waals surface area contributed by atoms with Crippen molar-refractivity contribution < 1.29 is 9.53 Å². The monoisotopic (exact) mass is 239 g/mol. The van der Waals surface area contributed by atoms with Gasteiger partial charge in [-0.3, -0.25) is 4.79 Å². The highest BCUT2D eigenvalue weighted by Gasteiger charge is 2.28. The lowest BCUT2D eigenvalue weighted by molar-refractivity contribution is -0.154. The Kier molecular flexibility index (Phi) is 4.84. The van der Waals surface area contributed by atoms with Crippen molar-refractivity contribution in [3.63, 3.8) is 0 Å². The maximum Gasteiger partial charge on any atom is 0.307 e. The Bertz CT molecular complexity index is 249.